The summed E-state index contributed by atoms with van der Waals surface area (Å²) in [6.45, 7) is -2.22. The zero-order valence-corrected chi connectivity index (χ0v) is 27.6. The highest BCUT2D eigenvalue weighted by molar-refractivity contribution is 5.73. The van der Waals surface area contributed by atoms with Gasteiger partial charge in [0.25, 0.3) is 0 Å². The van der Waals surface area contributed by atoms with Crippen LogP contribution in [-0.2, 0) is 38.0 Å². The van der Waals surface area contributed by atoms with Gasteiger partial charge in [-0.05, 0) is 0 Å². The number of nitrogens with one attached hydrogen (secondary N) is 2. The molecule has 0 saturated carbocycles. The summed E-state index contributed by atoms with van der Waals surface area (Å²) in [6, 6.07) is -3.05. The maximum Gasteiger partial charge on any atom is 0.217 e. The molecule has 3 saturated heterocycles. The quantitative estimate of drug-likeness (QED) is 0.0696. The molecule has 3 aliphatic heterocycles. The minimum atomic E-state index is -2.12. The Labute approximate surface area is 290 Å². The fraction of sp³-hybridized carbons (Fsp3) is 0.929. The molecule has 19 atom stereocenters. The van der Waals surface area contributed by atoms with E-state index in [-0.39, 0.29) is 0 Å². The van der Waals surface area contributed by atoms with Gasteiger partial charge >= 0.3 is 0 Å². The van der Waals surface area contributed by atoms with Crippen molar-refractivity contribution >= 4 is 11.8 Å². The van der Waals surface area contributed by atoms with Gasteiger partial charge in [0.15, 0.2) is 18.9 Å². The Bertz CT molecular complexity index is 1090. The molecule has 3 aliphatic rings. The molecule has 3 rings (SSSR count). The molecular formula is C28H50N2O21. The SMILES string of the molecule is CC(=O)N[C@H]1[C@H](OC[C@@H](O)[C@@H](O)[C@H](O[C@@H]2O[C@H](CO)[C@H](O)[C@H](O)[C@H]2O)[C@H](CO)NC(C)=O)O[C@H](CO)[C@@H](O[C@@H]2O[C@H](CO)[C@H](O)[C@H](O)[C@H]2O)[C@@H]1O. The summed E-state index contributed by atoms with van der Waals surface area (Å²) in [6.07, 6.45) is -30.3. The van der Waals surface area contributed by atoms with Gasteiger partial charge in [0.05, 0.1) is 39.1 Å². The average Bonchev–Trinajstić information content (AvgIpc) is 3.09. The molecule has 0 spiro atoms. The van der Waals surface area contributed by atoms with Gasteiger partial charge in [0.2, 0.25) is 11.8 Å². The number of hydrogen-bond acceptors (Lipinski definition) is 21. The highest BCUT2D eigenvalue weighted by atomic mass is 16.7. The second-order valence-electron chi connectivity index (χ2n) is 12.4. The van der Waals surface area contributed by atoms with Crippen LogP contribution >= 0.6 is 0 Å². The minimum Gasteiger partial charge on any atom is -0.394 e. The topological polar surface area (TPSA) is 377 Å². The van der Waals surface area contributed by atoms with Gasteiger partial charge in [-0.25, -0.2) is 0 Å². The van der Waals surface area contributed by atoms with Crippen molar-refractivity contribution in [1.82, 2.24) is 10.6 Å². The van der Waals surface area contributed by atoms with E-state index in [1.54, 1.807) is 0 Å². The Balaban J connectivity index is 1.79. The molecule has 0 radical (unpaired) electrons. The number of aliphatic hydroxyl groups excluding tert-OH is 13. The lowest BCUT2D eigenvalue weighted by atomic mass is 9.95. The van der Waals surface area contributed by atoms with Crippen molar-refractivity contribution in [3.05, 3.63) is 0 Å². The maximum atomic E-state index is 12.1. The first-order chi connectivity index (χ1) is 24.0. The molecule has 0 aliphatic carbocycles. The van der Waals surface area contributed by atoms with Crippen LogP contribution in [-0.4, -0.2) is 228 Å². The average molecular weight is 751 g/mol. The fourth-order valence-corrected chi connectivity index (χ4v) is 5.85. The van der Waals surface area contributed by atoms with Crippen molar-refractivity contribution in [2.45, 2.75) is 130 Å². The van der Waals surface area contributed by atoms with E-state index in [1.165, 1.54) is 0 Å². The summed E-state index contributed by atoms with van der Waals surface area (Å²) in [4.78, 5) is 23.9. The van der Waals surface area contributed by atoms with Crippen LogP contribution in [0.25, 0.3) is 0 Å². The van der Waals surface area contributed by atoms with Crippen molar-refractivity contribution in [2.24, 2.45) is 0 Å². The molecule has 23 heteroatoms. The Morgan fingerprint density at radius 3 is 1.67 bits per heavy atom. The molecule has 0 aromatic carbocycles. The second kappa shape index (κ2) is 19.5. The normalized spacial score (nSPS) is 41.3. The van der Waals surface area contributed by atoms with Gasteiger partial charge in [-0.3, -0.25) is 9.59 Å². The van der Waals surface area contributed by atoms with Gasteiger partial charge in [0, 0.05) is 13.8 Å². The van der Waals surface area contributed by atoms with Crippen LogP contribution in [0.5, 0.6) is 0 Å². The van der Waals surface area contributed by atoms with E-state index in [0.717, 1.165) is 13.8 Å². The molecule has 298 valence electrons. The fourth-order valence-electron chi connectivity index (χ4n) is 5.85. The molecule has 2 amide bonds. The van der Waals surface area contributed by atoms with Crippen molar-refractivity contribution < 1.29 is 104 Å². The van der Waals surface area contributed by atoms with E-state index in [0.29, 0.717) is 0 Å². The number of rotatable bonds is 16. The summed E-state index contributed by atoms with van der Waals surface area (Å²) >= 11 is 0. The minimum absolute atomic E-state index is 0.729. The maximum absolute atomic E-state index is 12.1. The third-order valence-corrected chi connectivity index (χ3v) is 8.65. The summed E-state index contributed by atoms with van der Waals surface area (Å²) in [7, 11) is 0. The third kappa shape index (κ3) is 10.4. The second-order valence-corrected chi connectivity index (χ2v) is 12.4. The molecule has 0 aromatic heterocycles. The van der Waals surface area contributed by atoms with Crippen LogP contribution in [0.4, 0.5) is 0 Å². The number of hydrogen-bond donors (Lipinski definition) is 15. The first kappa shape index (κ1) is 43.6. The molecule has 23 nitrogen and oxygen atoms in total. The van der Waals surface area contributed by atoms with Gasteiger partial charge < -0.3 is 105 Å². The molecule has 3 fully saturated rings. The van der Waals surface area contributed by atoms with Gasteiger partial charge in [-0.1, -0.05) is 0 Å². The Morgan fingerprint density at radius 2 is 1.18 bits per heavy atom. The monoisotopic (exact) mass is 750 g/mol. The zero-order valence-electron chi connectivity index (χ0n) is 27.6. The Hall–Kier alpha value is -1.82. The predicted octanol–water partition coefficient (Wildman–Crippen LogP) is -9.83. The largest absolute Gasteiger partial charge is 0.394 e. The first-order valence-corrected chi connectivity index (χ1v) is 16.0. The van der Waals surface area contributed by atoms with E-state index < -0.39 is 161 Å². The van der Waals surface area contributed by atoms with Gasteiger partial charge in [-0.15, -0.1) is 0 Å². The number of carbonyl (C=O) groups excluding carboxylic acids is 2. The number of carbonyl (C=O) groups is 2. The van der Waals surface area contributed by atoms with Gasteiger partial charge in [-0.2, -0.15) is 0 Å². The lowest BCUT2D eigenvalue weighted by Gasteiger charge is -2.47. The number of amides is 2. The highest BCUT2D eigenvalue weighted by Gasteiger charge is 2.52. The smallest absolute Gasteiger partial charge is 0.217 e. The van der Waals surface area contributed by atoms with E-state index >= 15 is 0 Å². The number of aliphatic hydroxyl groups is 13. The Kier molecular flexibility index (Phi) is 16.7. The van der Waals surface area contributed by atoms with Crippen LogP contribution < -0.4 is 10.6 Å². The van der Waals surface area contributed by atoms with E-state index in [2.05, 4.69) is 10.6 Å². The molecule has 51 heavy (non-hydrogen) atoms. The molecular weight excluding hydrogens is 700 g/mol. The van der Waals surface area contributed by atoms with Crippen molar-refractivity contribution in [1.29, 1.82) is 0 Å². The number of ether oxygens (including phenoxy) is 6. The van der Waals surface area contributed by atoms with Crippen LogP contribution in [0.3, 0.4) is 0 Å². The Morgan fingerprint density at radius 1 is 0.667 bits per heavy atom. The van der Waals surface area contributed by atoms with Crippen LogP contribution in [0.2, 0.25) is 0 Å². The van der Waals surface area contributed by atoms with Gasteiger partial charge in [0.1, 0.15) is 91.5 Å². The van der Waals surface area contributed by atoms with Crippen molar-refractivity contribution in [3.63, 3.8) is 0 Å². The summed E-state index contributed by atoms with van der Waals surface area (Å²) in [5.74, 6) is -1.47. The van der Waals surface area contributed by atoms with Crippen molar-refractivity contribution in [3.8, 4) is 0 Å². The lowest BCUT2D eigenvalue weighted by Crippen LogP contribution is -2.67. The summed E-state index contributed by atoms with van der Waals surface area (Å²) in [5, 5.41) is 138. The van der Waals surface area contributed by atoms with Crippen LogP contribution in [0, 0.1) is 0 Å². The van der Waals surface area contributed by atoms with Crippen molar-refractivity contribution in [2.75, 3.05) is 33.0 Å². The molecule has 0 bridgehead atoms. The molecule has 0 aromatic rings. The lowest BCUT2D eigenvalue weighted by molar-refractivity contribution is -0.349. The third-order valence-electron chi connectivity index (χ3n) is 8.65. The summed E-state index contributed by atoms with van der Waals surface area (Å²) in [5.41, 5.74) is 0. The first-order valence-electron chi connectivity index (χ1n) is 16.0. The summed E-state index contributed by atoms with van der Waals surface area (Å²) < 4.78 is 33.0. The van der Waals surface area contributed by atoms with E-state index in [1.807, 2.05) is 0 Å². The molecule has 3 heterocycles. The van der Waals surface area contributed by atoms with Crippen LogP contribution in [0.15, 0.2) is 0 Å². The standard InChI is InChI=1S/C28H50N2O21/c1-8(35)29-10(3-31)24(50-27-22(44)20(42)17(39)12(4-32)47-27)16(38)11(37)7-46-26-15(30-9(2)36)19(41)25(14(6-34)49-26)51-28-23(45)21(43)18(40)13(5-33)48-28/h10-28,31-34,37-45H,3-7H2,1-2H3,(H,29,35)(H,30,36)/t10-,11+,12+,13+,14+,15+,16+,17-,18-,19+,20-,21-,22+,23+,24+,25+,26+,27-,28-/m0/s1. The predicted molar refractivity (Wildman–Crippen MR) is 159 cm³/mol. The molecule has 0 unspecified atom stereocenters. The molecule has 15 N–H and O–H groups in total. The zero-order chi connectivity index (χ0) is 38.3. The highest BCUT2D eigenvalue weighted by Crippen LogP contribution is 2.30. The van der Waals surface area contributed by atoms with E-state index in [4.69, 9.17) is 28.4 Å². The van der Waals surface area contributed by atoms with Crippen LogP contribution in [0.1, 0.15) is 13.8 Å². The van der Waals surface area contributed by atoms with E-state index in [9.17, 15) is 76.0 Å².